The Hall–Kier alpha value is -2.34. The van der Waals surface area contributed by atoms with Crippen molar-refractivity contribution in [1.82, 2.24) is 4.31 Å². The van der Waals surface area contributed by atoms with Gasteiger partial charge in [0.1, 0.15) is 10.6 Å². The number of carbonyl (C=O) groups excluding carboxylic acids is 1. The molecule has 2 aromatic carbocycles. The molecule has 1 heterocycles. The number of hydrogen-bond donors (Lipinski definition) is 0. The molecule has 0 aliphatic carbocycles. The molecule has 126 valence electrons. The van der Waals surface area contributed by atoms with Gasteiger partial charge < -0.3 is 4.74 Å². The summed E-state index contributed by atoms with van der Waals surface area (Å²) in [5.74, 6) is 0.359. The van der Waals surface area contributed by atoms with Gasteiger partial charge in [0.15, 0.2) is 0 Å². The molecule has 0 N–H and O–H groups in total. The van der Waals surface area contributed by atoms with Gasteiger partial charge in [-0.1, -0.05) is 24.3 Å². The number of rotatable bonds is 6. The molecule has 0 atom stereocenters. The molecule has 6 heteroatoms. The lowest BCUT2D eigenvalue weighted by atomic mass is 10.2. The minimum atomic E-state index is -3.70. The Morgan fingerprint density at radius 1 is 1.04 bits per heavy atom. The van der Waals surface area contributed by atoms with E-state index in [4.69, 9.17) is 4.74 Å². The topological polar surface area (TPSA) is 63.7 Å². The SMILES string of the molecule is Cc1cccc(OCCCCN2C(=O)c3ccccc3S2(=O)=O)c1. The second kappa shape index (κ2) is 6.65. The van der Waals surface area contributed by atoms with Crippen molar-refractivity contribution in [3.05, 3.63) is 59.7 Å². The summed E-state index contributed by atoms with van der Waals surface area (Å²) in [6.07, 6.45) is 1.23. The molecule has 0 saturated carbocycles. The van der Waals surface area contributed by atoms with Gasteiger partial charge in [-0.05, 0) is 49.6 Å². The van der Waals surface area contributed by atoms with Gasteiger partial charge in [-0.3, -0.25) is 4.79 Å². The van der Waals surface area contributed by atoms with Crippen molar-refractivity contribution >= 4 is 15.9 Å². The maximum atomic E-state index is 12.4. The lowest BCUT2D eigenvalue weighted by molar-refractivity contribution is 0.0868. The molecule has 0 bridgehead atoms. The third kappa shape index (κ3) is 3.14. The third-order valence-corrected chi connectivity index (χ3v) is 5.77. The number of hydrogen-bond acceptors (Lipinski definition) is 4. The summed E-state index contributed by atoms with van der Waals surface area (Å²) in [5.41, 5.74) is 1.38. The molecule has 1 aliphatic rings. The Balaban J connectivity index is 1.54. The summed E-state index contributed by atoms with van der Waals surface area (Å²) < 4.78 is 31.4. The maximum absolute atomic E-state index is 12.4. The number of carbonyl (C=O) groups is 1. The van der Waals surface area contributed by atoms with E-state index in [1.807, 2.05) is 31.2 Å². The molecule has 0 fully saturated rings. The molecule has 0 radical (unpaired) electrons. The molecular formula is C18H19NO4S. The Morgan fingerprint density at radius 2 is 1.83 bits per heavy atom. The third-order valence-electron chi connectivity index (χ3n) is 3.93. The highest BCUT2D eigenvalue weighted by atomic mass is 32.2. The van der Waals surface area contributed by atoms with Crippen molar-refractivity contribution in [2.24, 2.45) is 0 Å². The summed E-state index contributed by atoms with van der Waals surface area (Å²) >= 11 is 0. The van der Waals surface area contributed by atoms with Gasteiger partial charge >= 0.3 is 0 Å². The van der Waals surface area contributed by atoms with E-state index in [9.17, 15) is 13.2 Å². The first-order chi connectivity index (χ1) is 11.5. The van der Waals surface area contributed by atoms with Crippen LogP contribution in [0.2, 0.25) is 0 Å². The number of aryl methyl sites for hydroxylation is 1. The first kappa shape index (κ1) is 16.5. The zero-order chi connectivity index (χ0) is 17.2. The highest BCUT2D eigenvalue weighted by Gasteiger charge is 2.40. The quantitative estimate of drug-likeness (QED) is 0.755. The fourth-order valence-corrected chi connectivity index (χ4v) is 4.31. The summed E-state index contributed by atoms with van der Waals surface area (Å²) in [5, 5.41) is 0. The van der Waals surface area contributed by atoms with E-state index in [-0.39, 0.29) is 17.0 Å². The molecule has 24 heavy (non-hydrogen) atoms. The first-order valence-electron chi connectivity index (χ1n) is 7.86. The van der Waals surface area contributed by atoms with Crippen LogP contribution < -0.4 is 4.74 Å². The van der Waals surface area contributed by atoms with E-state index in [1.54, 1.807) is 18.2 Å². The highest BCUT2D eigenvalue weighted by molar-refractivity contribution is 7.90. The largest absolute Gasteiger partial charge is 0.494 e. The standard InChI is InChI=1S/C18H19NO4S/c1-14-7-6-8-15(13-14)23-12-5-4-11-19-18(20)16-9-2-3-10-17(16)24(19,21)22/h2-3,6-10,13H,4-5,11-12H2,1H3. The van der Waals surface area contributed by atoms with Crippen LogP contribution in [0.3, 0.4) is 0 Å². The van der Waals surface area contributed by atoms with Crippen LogP contribution in [-0.4, -0.2) is 31.8 Å². The number of ether oxygens (including phenoxy) is 1. The highest BCUT2D eigenvalue weighted by Crippen LogP contribution is 2.30. The summed E-state index contributed by atoms with van der Waals surface area (Å²) in [6.45, 7) is 2.65. The number of amides is 1. The average molecular weight is 345 g/mol. The summed E-state index contributed by atoms with van der Waals surface area (Å²) in [7, 11) is -3.70. The molecule has 1 aliphatic heterocycles. The number of benzene rings is 2. The molecule has 5 nitrogen and oxygen atoms in total. The van der Waals surface area contributed by atoms with Crippen LogP contribution in [0.4, 0.5) is 0 Å². The van der Waals surface area contributed by atoms with Gasteiger partial charge in [-0.2, -0.15) is 0 Å². The van der Waals surface area contributed by atoms with E-state index < -0.39 is 15.9 Å². The zero-order valence-electron chi connectivity index (χ0n) is 13.4. The van der Waals surface area contributed by atoms with E-state index in [0.717, 1.165) is 15.6 Å². The average Bonchev–Trinajstić information content (AvgIpc) is 2.75. The first-order valence-corrected chi connectivity index (χ1v) is 9.30. The van der Waals surface area contributed by atoms with Crippen LogP contribution in [0, 0.1) is 6.92 Å². The normalized spacial score (nSPS) is 15.4. The molecular weight excluding hydrogens is 326 g/mol. The number of nitrogens with zero attached hydrogens (tertiary/aromatic N) is 1. The summed E-state index contributed by atoms with van der Waals surface area (Å²) in [4.78, 5) is 12.4. The number of sulfonamides is 1. The second-order valence-corrected chi connectivity index (χ2v) is 7.58. The van der Waals surface area contributed by atoms with Crippen molar-refractivity contribution in [2.75, 3.05) is 13.2 Å². The monoisotopic (exact) mass is 345 g/mol. The fourth-order valence-electron chi connectivity index (χ4n) is 2.70. The maximum Gasteiger partial charge on any atom is 0.269 e. The fraction of sp³-hybridized carbons (Fsp3) is 0.278. The minimum Gasteiger partial charge on any atom is -0.494 e. The Labute approximate surface area is 141 Å². The van der Waals surface area contributed by atoms with Crippen LogP contribution in [0.5, 0.6) is 5.75 Å². The van der Waals surface area contributed by atoms with Gasteiger partial charge in [-0.15, -0.1) is 0 Å². The van der Waals surface area contributed by atoms with Crippen molar-refractivity contribution in [2.45, 2.75) is 24.7 Å². The molecule has 0 unspecified atom stereocenters. The van der Waals surface area contributed by atoms with Gasteiger partial charge in [-0.25, -0.2) is 12.7 Å². The number of fused-ring (bicyclic) bond motifs is 1. The van der Waals surface area contributed by atoms with Crippen LogP contribution in [-0.2, 0) is 10.0 Å². The lowest BCUT2D eigenvalue weighted by Crippen LogP contribution is -2.31. The van der Waals surface area contributed by atoms with Gasteiger partial charge in [0.05, 0.1) is 12.2 Å². The Morgan fingerprint density at radius 3 is 2.58 bits per heavy atom. The van der Waals surface area contributed by atoms with Crippen LogP contribution >= 0.6 is 0 Å². The Kier molecular flexibility index (Phi) is 4.57. The van der Waals surface area contributed by atoms with Gasteiger partial charge in [0.2, 0.25) is 0 Å². The van der Waals surface area contributed by atoms with Crippen LogP contribution in [0.15, 0.2) is 53.4 Å². The second-order valence-electron chi connectivity index (χ2n) is 5.75. The Bertz CT molecular complexity index is 861. The van der Waals surface area contributed by atoms with E-state index >= 15 is 0 Å². The minimum absolute atomic E-state index is 0.103. The van der Waals surface area contributed by atoms with Crippen LogP contribution in [0.1, 0.15) is 28.8 Å². The summed E-state index contributed by atoms with van der Waals surface area (Å²) in [6, 6.07) is 14.1. The predicted octanol–water partition coefficient (Wildman–Crippen LogP) is 3.00. The molecule has 0 aromatic heterocycles. The molecule has 0 saturated heterocycles. The van der Waals surface area contributed by atoms with E-state index in [1.165, 1.54) is 6.07 Å². The molecule has 0 spiro atoms. The van der Waals surface area contributed by atoms with E-state index in [2.05, 4.69) is 0 Å². The van der Waals surface area contributed by atoms with Gasteiger partial charge in [0.25, 0.3) is 15.9 Å². The smallest absolute Gasteiger partial charge is 0.269 e. The van der Waals surface area contributed by atoms with E-state index in [0.29, 0.717) is 19.4 Å². The molecule has 2 aromatic rings. The lowest BCUT2D eigenvalue weighted by Gasteiger charge is -2.15. The van der Waals surface area contributed by atoms with Crippen molar-refractivity contribution in [3.63, 3.8) is 0 Å². The van der Waals surface area contributed by atoms with Crippen molar-refractivity contribution in [1.29, 1.82) is 0 Å². The van der Waals surface area contributed by atoms with Crippen molar-refractivity contribution < 1.29 is 17.9 Å². The van der Waals surface area contributed by atoms with Crippen molar-refractivity contribution in [3.8, 4) is 5.75 Å². The predicted molar refractivity (Wildman–Crippen MR) is 90.6 cm³/mol. The van der Waals surface area contributed by atoms with Crippen LogP contribution in [0.25, 0.3) is 0 Å². The zero-order valence-corrected chi connectivity index (χ0v) is 14.3. The number of unbranched alkanes of at least 4 members (excludes halogenated alkanes) is 1. The molecule has 1 amide bonds. The molecule has 3 rings (SSSR count). The van der Waals surface area contributed by atoms with Gasteiger partial charge in [0, 0.05) is 6.54 Å².